The van der Waals surface area contributed by atoms with Crippen molar-refractivity contribution in [1.29, 1.82) is 0 Å². The second kappa shape index (κ2) is 8.06. The molecule has 3 aromatic carbocycles. The Morgan fingerprint density at radius 1 is 0.886 bits per heavy atom. The van der Waals surface area contributed by atoms with E-state index in [2.05, 4.69) is 65.9 Å². The average molecular weight is 461 g/mol. The molecule has 35 heavy (non-hydrogen) atoms. The molecule has 0 fully saturated rings. The van der Waals surface area contributed by atoms with Crippen molar-refractivity contribution >= 4 is 33.2 Å². The van der Waals surface area contributed by atoms with Crippen LogP contribution in [-0.4, -0.2) is 30.3 Å². The van der Waals surface area contributed by atoms with Crippen LogP contribution in [0.4, 0.5) is 0 Å². The molecule has 6 aromatic rings. The minimum Gasteiger partial charge on any atom is -0.345 e. The van der Waals surface area contributed by atoms with Crippen molar-refractivity contribution in [2.45, 2.75) is 27.3 Å². The highest BCUT2D eigenvalue weighted by Gasteiger charge is 2.21. The van der Waals surface area contributed by atoms with E-state index in [0.717, 1.165) is 44.1 Å². The van der Waals surface area contributed by atoms with Crippen LogP contribution in [0.3, 0.4) is 0 Å². The first-order valence-electron chi connectivity index (χ1n) is 11.6. The van der Waals surface area contributed by atoms with Gasteiger partial charge in [-0.3, -0.25) is 9.20 Å². The molecule has 0 radical (unpaired) electrons. The number of amides is 1. The SMILES string of the molecule is Cc1cc(C)cc(-n2cc(CNC(=O)c3c(C)nc4c5ccccc5c5ccccc5n34)nn2)c1. The van der Waals surface area contributed by atoms with Gasteiger partial charge >= 0.3 is 0 Å². The van der Waals surface area contributed by atoms with Gasteiger partial charge in [0.15, 0.2) is 0 Å². The molecule has 0 unspecified atom stereocenters. The fraction of sp³-hybridized carbons (Fsp3) is 0.143. The highest BCUT2D eigenvalue weighted by molar-refractivity contribution is 6.13. The first kappa shape index (κ1) is 21.0. The third-order valence-corrected chi connectivity index (χ3v) is 6.31. The van der Waals surface area contributed by atoms with Crippen molar-refractivity contribution in [3.63, 3.8) is 0 Å². The minimum atomic E-state index is -0.198. The maximum Gasteiger partial charge on any atom is 0.270 e. The largest absolute Gasteiger partial charge is 0.345 e. The number of benzene rings is 3. The third-order valence-electron chi connectivity index (χ3n) is 6.31. The summed E-state index contributed by atoms with van der Waals surface area (Å²) in [5, 5.41) is 14.7. The normalized spacial score (nSPS) is 11.5. The topological polar surface area (TPSA) is 77.1 Å². The van der Waals surface area contributed by atoms with Crippen LogP contribution in [0, 0.1) is 20.8 Å². The highest BCUT2D eigenvalue weighted by Crippen LogP contribution is 2.31. The van der Waals surface area contributed by atoms with Gasteiger partial charge in [0.25, 0.3) is 5.91 Å². The van der Waals surface area contributed by atoms with E-state index in [9.17, 15) is 4.79 Å². The van der Waals surface area contributed by atoms with E-state index in [1.54, 1.807) is 4.68 Å². The lowest BCUT2D eigenvalue weighted by Gasteiger charge is -2.10. The van der Waals surface area contributed by atoms with Crippen molar-refractivity contribution in [2.75, 3.05) is 0 Å². The molecule has 3 heterocycles. The van der Waals surface area contributed by atoms with E-state index in [-0.39, 0.29) is 12.5 Å². The first-order valence-corrected chi connectivity index (χ1v) is 11.6. The summed E-state index contributed by atoms with van der Waals surface area (Å²) >= 11 is 0. The van der Waals surface area contributed by atoms with Crippen LogP contribution in [0.2, 0.25) is 0 Å². The highest BCUT2D eigenvalue weighted by atomic mass is 16.2. The molecule has 0 atom stereocenters. The van der Waals surface area contributed by atoms with Gasteiger partial charge in [0, 0.05) is 10.8 Å². The molecule has 0 saturated carbocycles. The van der Waals surface area contributed by atoms with Crippen molar-refractivity contribution in [3.05, 3.63) is 101 Å². The lowest BCUT2D eigenvalue weighted by Crippen LogP contribution is -2.25. The zero-order valence-corrected chi connectivity index (χ0v) is 19.8. The molecule has 0 aliphatic carbocycles. The third kappa shape index (κ3) is 3.52. The van der Waals surface area contributed by atoms with Crippen LogP contribution >= 0.6 is 0 Å². The molecular formula is C28H24N6O. The summed E-state index contributed by atoms with van der Waals surface area (Å²) in [5.74, 6) is -0.198. The van der Waals surface area contributed by atoms with Crippen LogP contribution in [0.25, 0.3) is 33.0 Å². The summed E-state index contributed by atoms with van der Waals surface area (Å²) < 4.78 is 3.70. The number of fused-ring (bicyclic) bond motifs is 6. The lowest BCUT2D eigenvalue weighted by molar-refractivity contribution is 0.0944. The molecule has 7 heteroatoms. The summed E-state index contributed by atoms with van der Waals surface area (Å²) in [7, 11) is 0. The number of hydrogen-bond donors (Lipinski definition) is 1. The van der Waals surface area contributed by atoms with Crippen molar-refractivity contribution in [3.8, 4) is 5.69 Å². The number of rotatable bonds is 4. The number of nitrogens with zero attached hydrogens (tertiary/aromatic N) is 5. The Labute approximate surface area is 202 Å². The molecule has 0 spiro atoms. The fourth-order valence-electron chi connectivity index (χ4n) is 4.86. The Balaban J connectivity index is 1.36. The van der Waals surface area contributed by atoms with Crippen LogP contribution in [0.1, 0.15) is 33.0 Å². The molecule has 1 N–H and O–H groups in total. The smallest absolute Gasteiger partial charge is 0.270 e. The first-order chi connectivity index (χ1) is 17.0. The number of nitrogens with one attached hydrogen (secondary N) is 1. The molecule has 3 aromatic heterocycles. The second-order valence-electron chi connectivity index (χ2n) is 8.95. The average Bonchev–Trinajstić information content (AvgIpc) is 3.47. The standard InChI is InChI=1S/C28H24N6O/c1-17-12-18(2)14-21(13-17)33-16-20(31-32-33)15-29-28(35)26-19(3)30-27-24-10-5-4-8-22(24)23-9-6-7-11-25(23)34(26)27/h4-14,16H,15H2,1-3H3,(H,29,35). The van der Waals surface area contributed by atoms with Gasteiger partial charge in [0.2, 0.25) is 0 Å². The summed E-state index contributed by atoms with van der Waals surface area (Å²) in [4.78, 5) is 18.2. The Bertz CT molecular complexity index is 1740. The molecule has 0 saturated heterocycles. The van der Waals surface area contributed by atoms with E-state index in [1.165, 1.54) is 0 Å². The number of hydrogen-bond acceptors (Lipinski definition) is 4. The monoisotopic (exact) mass is 460 g/mol. The van der Waals surface area contributed by atoms with Gasteiger partial charge < -0.3 is 5.32 Å². The number of aryl methyl sites for hydroxylation is 3. The van der Waals surface area contributed by atoms with Crippen molar-refractivity contribution in [1.82, 2.24) is 29.7 Å². The predicted octanol–water partition coefficient (Wildman–Crippen LogP) is 5.08. The predicted molar refractivity (Wildman–Crippen MR) is 137 cm³/mol. The molecule has 0 aliphatic rings. The Hall–Kier alpha value is -4.52. The molecule has 7 nitrogen and oxygen atoms in total. The summed E-state index contributed by atoms with van der Waals surface area (Å²) in [6.45, 7) is 6.25. The van der Waals surface area contributed by atoms with E-state index < -0.39 is 0 Å². The van der Waals surface area contributed by atoms with Gasteiger partial charge in [-0.05, 0) is 55.5 Å². The summed E-state index contributed by atoms with van der Waals surface area (Å²) in [5.41, 5.74) is 6.89. The second-order valence-corrected chi connectivity index (χ2v) is 8.95. The summed E-state index contributed by atoms with van der Waals surface area (Å²) in [6, 6.07) is 22.5. The van der Waals surface area contributed by atoms with E-state index >= 15 is 0 Å². The Morgan fingerprint density at radius 2 is 1.57 bits per heavy atom. The minimum absolute atomic E-state index is 0.198. The number of carbonyl (C=O) groups excluding carboxylic acids is 1. The number of para-hydroxylation sites is 1. The fourth-order valence-corrected chi connectivity index (χ4v) is 4.86. The van der Waals surface area contributed by atoms with Gasteiger partial charge in [-0.15, -0.1) is 5.10 Å². The van der Waals surface area contributed by atoms with Crippen LogP contribution in [-0.2, 0) is 6.54 Å². The molecule has 1 amide bonds. The Kier molecular flexibility index (Phi) is 4.84. The maximum absolute atomic E-state index is 13.4. The van der Waals surface area contributed by atoms with Crippen molar-refractivity contribution in [2.24, 2.45) is 0 Å². The number of imidazole rings is 1. The zero-order valence-electron chi connectivity index (χ0n) is 19.8. The van der Waals surface area contributed by atoms with Gasteiger partial charge in [0.1, 0.15) is 17.0 Å². The van der Waals surface area contributed by atoms with Crippen molar-refractivity contribution < 1.29 is 4.79 Å². The van der Waals surface area contributed by atoms with Crippen LogP contribution in [0.5, 0.6) is 0 Å². The molecule has 6 rings (SSSR count). The molecule has 172 valence electrons. The molecular weight excluding hydrogens is 436 g/mol. The van der Waals surface area contributed by atoms with E-state index in [0.29, 0.717) is 17.1 Å². The molecule has 0 bridgehead atoms. The molecule has 0 aliphatic heterocycles. The van der Waals surface area contributed by atoms with E-state index in [1.807, 2.05) is 47.9 Å². The Morgan fingerprint density at radius 3 is 2.34 bits per heavy atom. The van der Waals surface area contributed by atoms with Gasteiger partial charge in [-0.25, -0.2) is 9.67 Å². The zero-order chi connectivity index (χ0) is 24.1. The van der Waals surface area contributed by atoms with Gasteiger partial charge in [-0.1, -0.05) is 53.7 Å². The number of pyridine rings is 1. The van der Waals surface area contributed by atoms with Crippen LogP contribution in [0.15, 0.2) is 72.9 Å². The number of aromatic nitrogens is 5. The van der Waals surface area contributed by atoms with E-state index in [4.69, 9.17) is 4.98 Å². The number of carbonyl (C=O) groups is 1. The van der Waals surface area contributed by atoms with Crippen LogP contribution < -0.4 is 5.32 Å². The summed E-state index contributed by atoms with van der Waals surface area (Å²) in [6.07, 6.45) is 1.85. The van der Waals surface area contributed by atoms with Gasteiger partial charge in [0.05, 0.1) is 29.6 Å². The lowest BCUT2D eigenvalue weighted by atomic mass is 10.1. The quantitative estimate of drug-likeness (QED) is 0.372. The maximum atomic E-state index is 13.4. The van der Waals surface area contributed by atoms with Gasteiger partial charge in [-0.2, -0.15) is 0 Å².